The van der Waals surface area contributed by atoms with E-state index in [2.05, 4.69) is 24.0 Å². The van der Waals surface area contributed by atoms with Gasteiger partial charge in [-0.2, -0.15) is 0 Å². The Morgan fingerprint density at radius 3 is 2.28 bits per heavy atom. The molecule has 2 atom stereocenters. The van der Waals surface area contributed by atoms with E-state index in [0.717, 1.165) is 13.1 Å². The van der Waals surface area contributed by atoms with Crippen LogP contribution in [0.1, 0.15) is 20.3 Å². The number of hydrogen-bond acceptors (Lipinski definition) is 8. The molecule has 3 rings (SSSR count). The summed E-state index contributed by atoms with van der Waals surface area (Å²) in [4.78, 5) is 14.5. The van der Waals surface area contributed by atoms with Crippen LogP contribution in [-0.4, -0.2) is 61.2 Å². The van der Waals surface area contributed by atoms with E-state index in [1.54, 1.807) is 33.5 Å². The first-order valence-corrected chi connectivity index (χ1v) is 10.5. The van der Waals surface area contributed by atoms with Crippen LogP contribution in [0.4, 0.5) is 0 Å². The Kier molecular flexibility index (Phi) is 6.89. The first kappa shape index (κ1) is 21.3. The van der Waals surface area contributed by atoms with Crippen molar-refractivity contribution in [3.8, 4) is 28.7 Å². The highest BCUT2D eigenvalue weighted by Gasteiger charge is 2.26. The van der Waals surface area contributed by atoms with Gasteiger partial charge in [-0.15, -0.1) is 10.2 Å². The van der Waals surface area contributed by atoms with Gasteiger partial charge in [-0.1, -0.05) is 25.6 Å². The zero-order chi connectivity index (χ0) is 21.0. The van der Waals surface area contributed by atoms with E-state index in [0.29, 0.717) is 45.8 Å². The summed E-state index contributed by atoms with van der Waals surface area (Å²) >= 11 is 1.25. The monoisotopic (exact) mass is 421 g/mol. The van der Waals surface area contributed by atoms with Crippen LogP contribution in [0.2, 0.25) is 0 Å². The molecule has 1 aromatic heterocycles. The van der Waals surface area contributed by atoms with E-state index >= 15 is 0 Å². The SMILES string of the molecule is COc1cc(-c2nnc(SCC(=O)N3C[C@H](C)C[C@@H](C)C3)o2)cc(OC)c1OC. The second-order valence-corrected chi connectivity index (χ2v) is 8.25. The normalized spacial score (nSPS) is 19.1. The Morgan fingerprint density at radius 1 is 1.10 bits per heavy atom. The van der Waals surface area contributed by atoms with Crippen LogP contribution in [0.5, 0.6) is 17.2 Å². The minimum atomic E-state index is 0.0981. The third kappa shape index (κ3) is 4.95. The van der Waals surface area contributed by atoms with Crippen LogP contribution in [0, 0.1) is 11.8 Å². The fourth-order valence-corrected chi connectivity index (χ4v) is 4.34. The first-order chi connectivity index (χ1) is 13.9. The van der Waals surface area contributed by atoms with Gasteiger partial charge in [-0.25, -0.2) is 0 Å². The van der Waals surface area contributed by atoms with Crippen molar-refractivity contribution < 1.29 is 23.4 Å². The fourth-order valence-electron chi connectivity index (χ4n) is 3.67. The van der Waals surface area contributed by atoms with Crippen molar-refractivity contribution in [3.63, 3.8) is 0 Å². The lowest BCUT2D eigenvalue weighted by Gasteiger charge is -2.34. The zero-order valence-corrected chi connectivity index (χ0v) is 18.2. The molecule has 1 aliphatic rings. The van der Waals surface area contributed by atoms with Gasteiger partial charge in [-0.05, 0) is 30.4 Å². The number of methoxy groups -OCH3 is 3. The van der Waals surface area contributed by atoms with Crippen molar-refractivity contribution in [2.75, 3.05) is 40.2 Å². The van der Waals surface area contributed by atoms with E-state index in [1.807, 2.05) is 4.90 Å². The Bertz CT molecular complexity index is 821. The second-order valence-electron chi connectivity index (χ2n) is 7.32. The predicted molar refractivity (Wildman–Crippen MR) is 110 cm³/mol. The van der Waals surface area contributed by atoms with Crippen LogP contribution in [-0.2, 0) is 4.79 Å². The molecule has 1 aromatic carbocycles. The van der Waals surface area contributed by atoms with Crippen molar-refractivity contribution in [1.29, 1.82) is 0 Å². The van der Waals surface area contributed by atoms with Crippen molar-refractivity contribution in [1.82, 2.24) is 15.1 Å². The third-order valence-electron chi connectivity index (χ3n) is 4.86. The molecule has 158 valence electrons. The van der Waals surface area contributed by atoms with Gasteiger partial charge in [0, 0.05) is 18.7 Å². The quantitative estimate of drug-likeness (QED) is 0.629. The molecule has 0 bridgehead atoms. The highest BCUT2D eigenvalue weighted by atomic mass is 32.2. The summed E-state index contributed by atoms with van der Waals surface area (Å²) in [6, 6.07) is 3.48. The van der Waals surface area contributed by atoms with Crippen LogP contribution in [0.15, 0.2) is 21.8 Å². The Hall–Kier alpha value is -2.42. The summed E-state index contributed by atoms with van der Waals surface area (Å²) in [6.45, 7) is 5.99. The number of benzene rings is 1. The number of amides is 1. The number of thioether (sulfide) groups is 1. The second kappa shape index (κ2) is 9.39. The van der Waals surface area contributed by atoms with Crippen molar-refractivity contribution >= 4 is 17.7 Å². The third-order valence-corrected chi connectivity index (χ3v) is 5.66. The molecule has 0 unspecified atom stereocenters. The molecule has 1 fully saturated rings. The highest BCUT2D eigenvalue weighted by molar-refractivity contribution is 7.99. The average Bonchev–Trinajstić information content (AvgIpc) is 3.19. The highest BCUT2D eigenvalue weighted by Crippen LogP contribution is 2.41. The van der Waals surface area contributed by atoms with Crippen molar-refractivity contribution in [2.24, 2.45) is 11.8 Å². The summed E-state index contributed by atoms with van der Waals surface area (Å²) in [5.41, 5.74) is 0.642. The summed E-state index contributed by atoms with van der Waals surface area (Å²) in [5.74, 6) is 3.24. The maximum absolute atomic E-state index is 12.5. The van der Waals surface area contributed by atoms with Gasteiger partial charge in [0.25, 0.3) is 5.22 Å². The Balaban J connectivity index is 1.69. The number of carbonyl (C=O) groups is 1. The van der Waals surface area contributed by atoms with Crippen LogP contribution in [0.25, 0.3) is 11.5 Å². The lowest BCUT2D eigenvalue weighted by Crippen LogP contribution is -2.43. The molecule has 0 N–H and O–H groups in total. The number of aromatic nitrogens is 2. The van der Waals surface area contributed by atoms with Gasteiger partial charge >= 0.3 is 0 Å². The number of carbonyl (C=O) groups excluding carboxylic acids is 1. The Labute approximate surface area is 174 Å². The zero-order valence-electron chi connectivity index (χ0n) is 17.4. The van der Waals surface area contributed by atoms with Gasteiger partial charge in [-0.3, -0.25) is 4.79 Å². The maximum atomic E-state index is 12.5. The van der Waals surface area contributed by atoms with Crippen LogP contribution < -0.4 is 14.2 Å². The summed E-state index contributed by atoms with van der Waals surface area (Å²) in [7, 11) is 4.64. The van der Waals surface area contributed by atoms with Gasteiger partial charge in [0.1, 0.15) is 0 Å². The first-order valence-electron chi connectivity index (χ1n) is 9.49. The molecule has 1 aliphatic heterocycles. The number of likely N-dealkylation sites (tertiary alicyclic amines) is 1. The fraction of sp³-hybridized carbons (Fsp3) is 0.550. The Morgan fingerprint density at radius 2 is 1.72 bits per heavy atom. The predicted octanol–water partition coefficient (Wildman–Crippen LogP) is 3.36. The van der Waals surface area contributed by atoms with Crippen LogP contribution in [0.3, 0.4) is 0 Å². The van der Waals surface area contributed by atoms with E-state index in [9.17, 15) is 4.79 Å². The van der Waals surface area contributed by atoms with Gasteiger partial charge in [0.2, 0.25) is 17.5 Å². The van der Waals surface area contributed by atoms with Gasteiger partial charge in [0.15, 0.2) is 11.5 Å². The van der Waals surface area contributed by atoms with E-state index in [-0.39, 0.29) is 11.7 Å². The van der Waals surface area contributed by atoms with Gasteiger partial charge in [0.05, 0.1) is 27.1 Å². The largest absolute Gasteiger partial charge is 0.493 e. The van der Waals surface area contributed by atoms with E-state index in [4.69, 9.17) is 18.6 Å². The van der Waals surface area contributed by atoms with Crippen molar-refractivity contribution in [2.45, 2.75) is 25.5 Å². The average molecular weight is 422 g/mol. The number of rotatable bonds is 7. The number of hydrogen-bond donors (Lipinski definition) is 0. The number of piperidine rings is 1. The summed E-state index contributed by atoms with van der Waals surface area (Å²) in [5, 5.41) is 8.50. The summed E-state index contributed by atoms with van der Waals surface area (Å²) in [6.07, 6.45) is 1.17. The lowest BCUT2D eigenvalue weighted by atomic mass is 9.92. The summed E-state index contributed by atoms with van der Waals surface area (Å²) < 4.78 is 21.8. The van der Waals surface area contributed by atoms with Gasteiger partial charge < -0.3 is 23.5 Å². The van der Waals surface area contributed by atoms with Crippen molar-refractivity contribution in [3.05, 3.63) is 12.1 Å². The van der Waals surface area contributed by atoms with E-state index < -0.39 is 0 Å². The van der Waals surface area contributed by atoms with E-state index in [1.165, 1.54) is 18.2 Å². The molecule has 1 amide bonds. The lowest BCUT2D eigenvalue weighted by molar-refractivity contribution is -0.130. The molecule has 0 radical (unpaired) electrons. The molecule has 0 spiro atoms. The molecular formula is C20H27N3O5S. The standard InChI is InChI=1S/C20H27N3O5S/c1-12-6-13(2)10-23(9-12)17(24)11-29-20-22-21-19(28-20)14-7-15(25-3)18(27-5)16(8-14)26-4/h7-8,12-13H,6,9-11H2,1-5H3/t12-,13-/m1/s1. The molecule has 2 heterocycles. The minimum absolute atomic E-state index is 0.0981. The molecular weight excluding hydrogens is 394 g/mol. The molecule has 29 heavy (non-hydrogen) atoms. The molecule has 9 heteroatoms. The smallest absolute Gasteiger partial charge is 0.277 e. The van der Waals surface area contributed by atoms with Crippen LogP contribution >= 0.6 is 11.8 Å². The maximum Gasteiger partial charge on any atom is 0.277 e. The molecule has 0 aliphatic carbocycles. The number of ether oxygens (including phenoxy) is 3. The minimum Gasteiger partial charge on any atom is -0.493 e. The topological polar surface area (TPSA) is 86.9 Å². The molecule has 0 saturated carbocycles. The molecule has 8 nitrogen and oxygen atoms in total. The number of nitrogens with zero attached hydrogens (tertiary/aromatic N) is 3. The molecule has 2 aromatic rings. The molecule has 1 saturated heterocycles.